The van der Waals surface area contributed by atoms with Gasteiger partial charge in [-0.15, -0.1) is 0 Å². The van der Waals surface area contributed by atoms with Crippen LogP contribution in [0.15, 0.2) is 36.9 Å². The summed E-state index contributed by atoms with van der Waals surface area (Å²) in [6.45, 7) is 3.82. The zero-order chi connectivity index (χ0) is 15.7. The quantitative estimate of drug-likeness (QED) is 0.912. The maximum absolute atomic E-state index is 13.0. The van der Waals surface area contributed by atoms with E-state index in [1.807, 2.05) is 29.2 Å². The van der Waals surface area contributed by atoms with Crippen molar-refractivity contribution in [1.82, 2.24) is 25.0 Å². The van der Waals surface area contributed by atoms with Crippen LogP contribution in [0.3, 0.4) is 0 Å². The lowest BCUT2D eigenvalue weighted by molar-refractivity contribution is 0.0764. The number of amides is 1. The number of hydrogen-bond donors (Lipinski definition) is 1. The van der Waals surface area contributed by atoms with Crippen LogP contribution in [-0.2, 0) is 0 Å². The van der Waals surface area contributed by atoms with Crippen molar-refractivity contribution in [2.24, 2.45) is 5.41 Å². The number of hydrogen-bond acceptors (Lipinski definition) is 4. The van der Waals surface area contributed by atoms with Gasteiger partial charge in [0.2, 0.25) is 0 Å². The largest absolute Gasteiger partial charge is 0.338 e. The number of aromatic nitrogens is 3. The van der Waals surface area contributed by atoms with Crippen LogP contribution in [0, 0.1) is 5.41 Å². The first-order chi connectivity index (χ1) is 11.3. The molecule has 1 aromatic heterocycles. The Labute approximate surface area is 135 Å². The standard InChI is InChI=1S/C17H21N5O/c23-16(21-9-7-17(11-21)6-3-8-18-10-17)14-4-1-2-5-15(14)22-13-19-12-20-22/h1-2,4-5,12-13,18H,3,6-11H2/t17-/m1/s1. The third-order valence-electron chi connectivity index (χ3n) is 5.09. The lowest BCUT2D eigenvalue weighted by Crippen LogP contribution is -2.42. The van der Waals surface area contributed by atoms with Crippen LogP contribution in [0.1, 0.15) is 29.6 Å². The van der Waals surface area contributed by atoms with Crippen LogP contribution >= 0.6 is 0 Å². The van der Waals surface area contributed by atoms with Gasteiger partial charge < -0.3 is 10.2 Å². The Balaban J connectivity index is 1.59. The zero-order valence-electron chi connectivity index (χ0n) is 13.1. The molecule has 1 atom stereocenters. The van der Waals surface area contributed by atoms with E-state index in [2.05, 4.69) is 15.4 Å². The molecule has 0 unspecified atom stereocenters. The smallest absolute Gasteiger partial charge is 0.256 e. The lowest BCUT2D eigenvalue weighted by atomic mass is 9.80. The average Bonchev–Trinajstić information content (AvgIpc) is 3.26. The summed E-state index contributed by atoms with van der Waals surface area (Å²) >= 11 is 0. The zero-order valence-corrected chi connectivity index (χ0v) is 13.1. The van der Waals surface area contributed by atoms with Crippen molar-refractivity contribution in [2.75, 3.05) is 26.2 Å². The molecule has 23 heavy (non-hydrogen) atoms. The number of likely N-dealkylation sites (tertiary alicyclic amines) is 1. The molecule has 6 nitrogen and oxygen atoms in total. The van der Waals surface area contributed by atoms with Crippen molar-refractivity contribution in [3.63, 3.8) is 0 Å². The maximum atomic E-state index is 13.0. The van der Waals surface area contributed by atoms with Gasteiger partial charge in [-0.3, -0.25) is 4.79 Å². The average molecular weight is 311 g/mol. The SMILES string of the molecule is O=C(c1ccccc1-n1cncn1)N1CC[C@@]2(CCCNC2)C1. The van der Waals surface area contributed by atoms with E-state index in [0.717, 1.165) is 38.3 Å². The van der Waals surface area contributed by atoms with Gasteiger partial charge in [0.15, 0.2) is 0 Å². The van der Waals surface area contributed by atoms with Crippen molar-refractivity contribution in [1.29, 1.82) is 0 Å². The predicted molar refractivity (Wildman–Crippen MR) is 86.4 cm³/mol. The third kappa shape index (κ3) is 2.63. The number of nitrogens with zero attached hydrogens (tertiary/aromatic N) is 4. The Bertz CT molecular complexity index is 691. The minimum absolute atomic E-state index is 0.0959. The fourth-order valence-corrected chi connectivity index (χ4v) is 3.84. The topological polar surface area (TPSA) is 63.1 Å². The summed E-state index contributed by atoms with van der Waals surface area (Å²) in [6, 6.07) is 7.62. The molecule has 120 valence electrons. The molecular formula is C17H21N5O. The highest BCUT2D eigenvalue weighted by molar-refractivity contribution is 5.98. The first-order valence-electron chi connectivity index (χ1n) is 8.22. The number of carbonyl (C=O) groups excluding carboxylic acids is 1. The van der Waals surface area contributed by atoms with Crippen molar-refractivity contribution in [3.8, 4) is 5.69 Å². The van der Waals surface area contributed by atoms with E-state index in [0.29, 0.717) is 5.56 Å². The second kappa shape index (κ2) is 5.77. The molecule has 1 aromatic carbocycles. The van der Waals surface area contributed by atoms with Gasteiger partial charge in [-0.2, -0.15) is 5.10 Å². The summed E-state index contributed by atoms with van der Waals surface area (Å²) in [5.41, 5.74) is 1.76. The minimum Gasteiger partial charge on any atom is -0.338 e. The highest BCUT2D eigenvalue weighted by Crippen LogP contribution is 2.37. The monoisotopic (exact) mass is 311 g/mol. The van der Waals surface area contributed by atoms with Crippen molar-refractivity contribution >= 4 is 5.91 Å². The number of benzene rings is 1. The minimum atomic E-state index is 0.0959. The van der Waals surface area contributed by atoms with Gasteiger partial charge in [0.25, 0.3) is 5.91 Å². The fourth-order valence-electron chi connectivity index (χ4n) is 3.84. The predicted octanol–water partition coefficient (Wildman–Crippen LogP) is 1.48. The molecule has 2 aliphatic rings. The van der Waals surface area contributed by atoms with E-state index < -0.39 is 0 Å². The normalized spacial score (nSPS) is 24.3. The van der Waals surface area contributed by atoms with Gasteiger partial charge >= 0.3 is 0 Å². The van der Waals surface area contributed by atoms with Crippen LogP contribution < -0.4 is 5.32 Å². The lowest BCUT2D eigenvalue weighted by Gasteiger charge is -2.33. The molecule has 1 spiro atoms. The molecule has 1 amide bonds. The van der Waals surface area contributed by atoms with E-state index in [1.165, 1.54) is 19.2 Å². The molecular weight excluding hydrogens is 290 g/mol. The first kappa shape index (κ1) is 14.4. The summed E-state index contributed by atoms with van der Waals surface area (Å²) in [5.74, 6) is 0.0959. The Kier molecular flexibility index (Phi) is 3.61. The highest BCUT2D eigenvalue weighted by Gasteiger charge is 2.41. The highest BCUT2D eigenvalue weighted by atomic mass is 16.2. The fraction of sp³-hybridized carbons (Fsp3) is 0.471. The molecule has 0 saturated carbocycles. The summed E-state index contributed by atoms with van der Waals surface area (Å²) in [6.07, 6.45) is 6.63. The number of carbonyl (C=O) groups is 1. The molecule has 2 saturated heterocycles. The second-order valence-electron chi connectivity index (χ2n) is 6.61. The molecule has 0 aliphatic carbocycles. The van der Waals surface area contributed by atoms with Crippen LogP contribution in [0.25, 0.3) is 5.69 Å². The summed E-state index contributed by atoms with van der Waals surface area (Å²) in [4.78, 5) is 19.0. The van der Waals surface area contributed by atoms with Gasteiger partial charge in [-0.25, -0.2) is 9.67 Å². The Hall–Kier alpha value is -2.21. The third-order valence-corrected chi connectivity index (χ3v) is 5.09. The van der Waals surface area contributed by atoms with Crippen molar-refractivity contribution in [2.45, 2.75) is 19.3 Å². The van der Waals surface area contributed by atoms with Gasteiger partial charge in [0, 0.05) is 25.0 Å². The van der Waals surface area contributed by atoms with Crippen molar-refractivity contribution < 1.29 is 4.79 Å². The molecule has 2 aliphatic heterocycles. The molecule has 6 heteroatoms. The number of nitrogens with one attached hydrogen (secondary N) is 1. The molecule has 4 rings (SSSR count). The molecule has 1 N–H and O–H groups in total. The summed E-state index contributed by atoms with van der Waals surface area (Å²) in [7, 11) is 0. The van der Waals surface area contributed by atoms with E-state index in [-0.39, 0.29) is 11.3 Å². The van der Waals surface area contributed by atoms with E-state index in [9.17, 15) is 4.79 Å². The van der Waals surface area contributed by atoms with E-state index in [4.69, 9.17) is 0 Å². The van der Waals surface area contributed by atoms with Crippen LogP contribution in [-0.4, -0.2) is 51.8 Å². The van der Waals surface area contributed by atoms with Crippen LogP contribution in [0.5, 0.6) is 0 Å². The maximum Gasteiger partial charge on any atom is 0.256 e. The summed E-state index contributed by atoms with van der Waals surface area (Å²) in [5, 5.41) is 7.65. The van der Waals surface area contributed by atoms with Gasteiger partial charge in [-0.05, 0) is 37.9 Å². The van der Waals surface area contributed by atoms with Gasteiger partial charge in [-0.1, -0.05) is 12.1 Å². The molecule has 2 aromatic rings. The Morgan fingerprint density at radius 3 is 2.96 bits per heavy atom. The van der Waals surface area contributed by atoms with Crippen LogP contribution in [0.4, 0.5) is 0 Å². The van der Waals surface area contributed by atoms with Gasteiger partial charge in [0.05, 0.1) is 11.3 Å². The summed E-state index contributed by atoms with van der Waals surface area (Å²) < 4.78 is 1.65. The van der Waals surface area contributed by atoms with E-state index >= 15 is 0 Å². The Morgan fingerprint density at radius 1 is 1.26 bits per heavy atom. The number of para-hydroxylation sites is 1. The molecule has 0 radical (unpaired) electrons. The van der Waals surface area contributed by atoms with E-state index in [1.54, 1.807) is 11.0 Å². The molecule has 0 bridgehead atoms. The molecule has 3 heterocycles. The van der Waals surface area contributed by atoms with Gasteiger partial charge in [0.1, 0.15) is 12.7 Å². The number of piperidine rings is 1. The number of rotatable bonds is 2. The first-order valence-corrected chi connectivity index (χ1v) is 8.22. The van der Waals surface area contributed by atoms with Crippen LogP contribution in [0.2, 0.25) is 0 Å². The van der Waals surface area contributed by atoms with Crippen molar-refractivity contribution in [3.05, 3.63) is 42.5 Å². The Morgan fingerprint density at radius 2 is 2.17 bits per heavy atom. The molecule has 2 fully saturated rings. The second-order valence-corrected chi connectivity index (χ2v) is 6.61.